The molecule has 110 valence electrons. The summed E-state index contributed by atoms with van der Waals surface area (Å²) >= 11 is 5.32. The Morgan fingerprint density at radius 1 is 1.55 bits per heavy atom. The number of halogens is 1. The van der Waals surface area contributed by atoms with E-state index in [2.05, 4.69) is 20.9 Å². The molecule has 2 atom stereocenters. The SMILES string of the molecule is O=C(c1cc(Br)c[nH]1)N(CC1CCCO1)C1CCSC1. The van der Waals surface area contributed by atoms with Gasteiger partial charge in [0.1, 0.15) is 5.69 Å². The first-order chi connectivity index (χ1) is 9.74. The molecule has 2 fully saturated rings. The average Bonchev–Trinajstić information content (AvgIpc) is 3.17. The molecular formula is C14H19BrN2O2S. The average molecular weight is 359 g/mol. The van der Waals surface area contributed by atoms with Crippen LogP contribution in [0.1, 0.15) is 29.8 Å². The number of carbonyl (C=O) groups excluding carboxylic acids is 1. The highest BCUT2D eigenvalue weighted by molar-refractivity contribution is 9.10. The quantitative estimate of drug-likeness (QED) is 0.899. The van der Waals surface area contributed by atoms with Crippen LogP contribution in [0.2, 0.25) is 0 Å². The molecule has 2 aliphatic heterocycles. The molecule has 6 heteroatoms. The lowest BCUT2D eigenvalue weighted by Gasteiger charge is -2.30. The van der Waals surface area contributed by atoms with Crippen molar-refractivity contribution in [1.82, 2.24) is 9.88 Å². The summed E-state index contributed by atoms with van der Waals surface area (Å²) in [5.41, 5.74) is 0.659. The third-order valence-corrected chi connectivity index (χ3v) is 5.51. The first kappa shape index (κ1) is 14.5. The Bertz CT molecular complexity index is 467. The second kappa shape index (κ2) is 6.54. The van der Waals surface area contributed by atoms with E-state index in [0.29, 0.717) is 11.7 Å². The topological polar surface area (TPSA) is 45.3 Å². The van der Waals surface area contributed by atoms with E-state index in [9.17, 15) is 4.79 Å². The normalized spacial score (nSPS) is 26.1. The van der Waals surface area contributed by atoms with Gasteiger partial charge in [-0.3, -0.25) is 4.79 Å². The van der Waals surface area contributed by atoms with Gasteiger partial charge >= 0.3 is 0 Å². The zero-order chi connectivity index (χ0) is 13.9. The molecule has 0 spiro atoms. The fraction of sp³-hybridized carbons (Fsp3) is 0.643. The largest absolute Gasteiger partial charge is 0.376 e. The van der Waals surface area contributed by atoms with E-state index < -0.39 is 0 Å². The number of aromatic amines is 1. The monoisotopic (exact) mass is 358 g/mol. The van der Waals surface area contributed by atoms with E-state index in [4.69, 9.17) is 4.74 Å². The van der Waals surface area contributed by atoms with E-state index in [1.807, 2.05) is 22.7 Å². The molecule has 0 radical (unpaired) electrons. The third-order valence-electron chi connectivity index (χ3n) is 3.91. The number of H-pyrrole nitrogens is 1. The number of ether oxygens (including phenoxy) is 1. The fourth-order valence-electron chi connectivity index (χ4n) is 2.82. The minimum atomic E-state index is 0.0960. The Kier molecular flexibility index (Phi) is 4.73. The fourth-order valence-corrected chi connectivity index (χ4v) is 4.39. The minimum absolute atomic E-state index is 0.0960. The molecule has 0 aliphatic carbocycles. The number of nitrogens with zero attached hydrogens (tertiary/aromatic N) is 1. The van der Waals surface area contributed by atoms with Crippen molar-refractivity contribution < 1.29 is 9.53 Å². The van der Waals surface area contributed by atoms with E-state index in [1.54, 1.807) is 6.20 Å². The smallest absolute Gasteiger partial charge is 0.270 e. The molecule has 3 rings (SSSR count). The third kappa shape index (κ3) is 3.23. The summed E-state index contributed by atoms with van der Waals surface area (Å²) in [5.74, 6) is 2.29. The predicted octanol–water partition coefficient (Wildman–Crippen LogP) is 2.90. The Balaban J connectivity index is 1.74. The van der Waals surface area contributed by atoms with Crippen LogP contribution in [0.3, 0.4) is 0 Å². The summed E-state index contributed by atoms with van der Waals surface area (Å²) in [7, 11) is 0. The second-order valence-electron chi connectivity index (χ2n) is 5.34. The number of hydrogen-bond acceptors (Lipinski definition) is 3. The van der Waals surface area contributed by atoms with Crippen LogP contribution in [0.15, 0.2) is 16.7 Å². The van der Waals surface area contributed by atoms with Crippen LogP contribution in [0, 0.1) is 0 Å². The van der Waals surface area contributed by atoms with Crippen LogP contribution >= 0.6 is 27.7 Å². The molecule has 1 N–H and O–H groups in total. The zero-order valence-corrected chi connectivity index (χ0v) is 13.7. The Hall–Kier alpha value is -0.460. The highest BCUT2D eigenvalue weighted by Crippen LogP contribution is 2.26. The molecule has 1 aromatic rings. The van der Waals surface area contributed by atoms with Gasteiger partial charge in [-0.25, -0.2) is 0 Å². The van der Waals surface area contributed by atoms with Crippen LogP contribution in [-0.4, -0.2) is 52.6 Å². The molecular weight excluding hydrogens is 340 g/mol. The minimum Gasteiger partial charge on any atom is -0.376 e. The molecule has 2 aliphatic rings. The lowest BCUT2D eigenvalue weighted by atomic mass is 10.1. The summed E-state index contributed by atoms with van der Waals surface area (Å²) in [6, 6.07) is 2.20. The van der Waals surface area contributed by atoms with Gasteiger partial charge in [0.2, 0.25) is 0 Å². The van der Waals surface area contributed by atoms with Gasteiger partial charge < -0.3 is 14.6 Å². The van der Waals surface area contributed by atoms with Crippen molar-refractivity contribution in [3.05, 3.63) is 22.4 Å². The van der Waals surface area contributed by atoms with Crippen LogP contribution in [0.25, 0.3) is 0 Å². The first-order valence-corrected chi connectivity index (χ1v) is 9.03. The standard InChI is InChI=1S/C14H19BrN2O2S/c15-10-6-13(16-7-10)14(18)17(11-3-5-20-9-11)8-12-2-1-4-19-12/h6-7,11-12,16H,1-5,8-9H2. The van der Waals surface area contributed by atoms with Crippen molar-refractivity contribution in [1.29, 1.82) is 0 Å². The number of thioether (sulfide) groups is 1. The van der Waals surface area contributed by atoms with E-state index >= 15 is 0 Å². The van der Waals surface area contributed by atoms with E-state index in [1.165, 1.54) is 0 Å². The molecule has 0 bridgehead atoms. The predicted molar refractivity (Wildman–Crippen MR) is 84.2 cm³/mol. The first-order valence-electron chi connectivity index (χ1n) is 7.08. The van der Waals surface area contributed by atoms with Crippen molar-refractivity contribution in [3.8, 4) is 0 Å². The van der Waals surface area contributed by atoms with Gasteiger partial charge in [-0.2, -0.15) is 11.8 Å². The molecule has 2 saturated heterocycles. The Labute approximate surface area is 131 Å². The van der Waals surface area contributed by atoms with Crippen LogP contribution in [0.5, 0.6) is 0 Å². The number of hydrogen-bond donors (Lipinski definition) is 1. The van der Waals surface area contributed by atoms with Gasteiger partial charge in [-0.15, -0.1) is 0 Å². The number of aromatic nitrogens is 1. The van der Waals surface area contributed by atoms with Crippen molar-refractivity contribution in [2.24, 2.45) is 0 Å². The Morgan fingerprint density at radius 3 is 3.05 bits per heavy atom. The molecule has 0 saturated carbocycles. The van der Waals surface area contributed by atoms with Crippen LogP contribution in [-0.2, 0) is 4.74 Å². The van der Waals surface area contributed by atoms with E-state index in [-0.39, 0.29) is 12.0 Å². The maximum absolute atomic E-state index is 12.7. The molecule has 20 heavy (non-hydrogen) atoms. The molecule has 4 nitrogen and oxygen atoms in total. The molecule has 1 amide bonds. The van der Waals surface area contributed by atoms with Crippen molar-refractivity contribution in [2.45, 2.75) is 31.4 Å². The highest BCUT2D eigenvalue weighted by atomic mass is 79.9. The maximum Gasteiger partial charge on any atom is 0.270 e. The van der Waals surface area contributed by atoms with Crippen LogP contribution in [0.4, 0.5) is 0 Å². The van der Waals surface area contributed by atoms with Crippen molar-refractivity contribution >= 4 is 33.6 Å². The summed E-state index contributed by atoms with van der Waals surface area (Å²) in [6.45, 7) is 1.56. The molecule has 2 unspecified atom stereocenters. The van der Waals surface area contributed by atoms with Crippen molar-refractivity contribution in [3.63, 3.8) is 0 Å². The summed E-state index contributed by atoms with van der Waals surface area (Å²) in [6.07, 6.45) is 5.28. The lowest BCUT2D eigenvalue weighted by molar-refractivity contribution is 0.0438. The van der Waals surface area contributed by atoms with Gasteiger partial charge in [0.25, 0.3) is 5.91 Å². The second-order valence-corrected chi connectivity index (χ2v) is 7.41. The maximum atomic E-state index is 12.7. The number of amides is 1. The summed E-state index contributed by atoms with van der Waals surface area (Å²) in [4.78, 5) is 17.8. The van der Waals surface area contributed by atoms with Gasteiger partial charge in [0, 0.05) is 35.6 Å². The summed E-state index contributed by atoms with van der Waals surface area (Å²) < 4.78 is 6.63. The lowest BCUT2D eigenvalue weighted by Crippen LogP contribution is -2.44. The van der Waals surface area contributed by atoms with E-state index in [0.717, 1.165) is 48.4 Å². The van der Waals surface area contributed by atoms with Crippen molar-refractivity contribution in [2.75, 3.05) is 24.7 Å². The number of nitrogens with one attached hydrogen (secondary N) is 1. The number of carbonyl (C=O) groups is 1. The zero-order valence-electron chi connectivity index (χ0n) is 11.3. The highest BCUT2D eigenvalue weighted by Gasteiger charge is 2.31. The van der Waals surface area contributed by atoms with Gasteiger partial charge in [0.15, 0.2) is 0 Å². The summed E-state index contributed by atoms with van der Waals surface area (Å²) in [5, 5.41) is 0. The number of rotatable bonds is 4. The van der Waals surface area contributed by atoms with Gasteiger partial charge in [-0.05, 0) is 47.0 Å². The Morgan fingerprint density at radius 2 is 2.45 bits per heavy atom. The molecule has 3 heterocycles. The van der Waals surface area contributed by atoms with Crippen LogP contribution < -0.4 is 0 Å². The van der Waals surface area contributed by atoms with Gasteiger partial charge in [0.05, 0.1) is 6.10 Å². The van der Waals surface area contributed by atoms with Gasteiger partial charge in [-0.1, -0.05) is 0 Å². The molecule has 1 aromatic heterocycles. The molecule has 0 aromatic carbocycles.